The molecule has 1 fully saturated rings. The number of nitrogens with zero attached hydrogens (tertiary/aromatic N) is 3. The van der Waals surface area contributed by atoms with Crippen molar-refractivity contribution >= 4 is 17.2 Å². The molecule has 1 unspecified atom stereocenters. The highest BCUT2D eigenvalue weighted by molar-refractivity contribution is 7.07. The minimum Gasteiger partial charge on any atom is -0.333 e. The number of hydrogen-bond donors (Lipinski definition) is 0. The normalized spacial score (nSPS) is 22.5. The highest BCUT2D eigenvalue weighted by Gasteiger charge is 2.27. The third-order valence-corrected chi connectivity index (χ3v) is 3.87. The number of amides is 1. The summed E-state index contributed by atoms with van der Waals surface area (Å²) < 4.78 is 0. The summed E-state index contributed by atoms with van der Waals surface area (Å²) in [5.74, 6) is 0.0911. The molecule has 0 saturated carbocycles. The lowest BCUT2D eigenvalue weighted by atomic mass is 10.1. The van der Waals surface area contributed by atoms with Crippen molar-refractivity contribution in [1.29, 1.82) is 0 Å². The van der Waals surface area contributed by atoms with Crippen LogP contribution in [0.15, 0.2) is 10.9 Å². The zero-order chi connectivity index (χ0) is 12.3. The maximum atomic E-state index is 12.3. The highest BCUT2D eigenvalue weighted by Crippen LogP contribution is 2.15. The molecule has 0 aliphatic carbocycles. The predicted octanol–water partition coefficient (Wildman–Crippen LogP) is 1.70. The van der Waals surface area contributed by atoms with Crippen molar-refractivity contribution in [3.63, 3.8) is 0 Å². The summed E-state index contributed by atoms with van der Waals surface area (Å²) in [6.07, 6.45) is 2.04. The number of hydrogen-bond acceptors (Lipinski definition) is 4. The van der Waals surface area contributed by atoms with E-state index in [1.807, 2.05) is 10.3 Å². The summed E-state index contributed by atoms with van der Waals surface area (Å²) >= 11 is 1.48. The Morgan fingerprint density at radius 3 is 3.06 bits per heavy atom. The Morgan fingerprint density at radius 1 is 1.59 bits per heavy atom. The van der Waals surface area contributed by atoms with Crippen molar-refractivity contribution < 1.29 is 4.79 Å². The van der Waals surface area contributed by atoms with Crippen LogP contribution in [0.2, 0.25) is 0 Å². The van der Waals surface area contributed by atoms with E-state index in [0.29, 0.717) is 11.7 Å². The summed E-state index contributed by atoms with van der Waals surface area (Å²) in [6.45, 7) is 5.02. The summed E-state index contributed by atoms with van der Waals surface area (Å²) in [7, 11) is 2.12. The Labute approximate surface area is 106 Å². The average Bonchev–Trinajstić information content (AvgIpc) is 2.78. The van der Waals surface area contributed by atoms with Gasteiger partial charge in [0.1, 0.15) is 5.69 Å². The van der Waals surface area contributed by atoms with E-state index in [1.165, 1.54) is 11.3 Å². The number of thiazole rings is 1. The molecule has 0 spiro atoms. The molecule has 1 amide bonds. The lowest BCUT2D eigenvalue weighted by molar-refractivity contribution is 0.0670. The summed E-state index contributed by atoms with van der Waals surface area (Å²) in [5.41, 5.74) is 2.32. The smallest absolute Gasteiger partial charge is 0.273 e. The van der Waals surface area contributed by atoms with Crippen LogP contribution in [0.4, 0.5) is 0 Å². The fourth-order valence-electron chi connectivity index (χ4n) is 2.33. The molecule has 1 aromatic heterocycles. The van der Waals surface area contributed by atoms with Gasteiger partial charge in [0, 0.05) is 24.5 Å². The third kappa shape index (κ3) is 2.84. The molecule has 2 heterocycles. The fourth-order valence-corrected chi connectivity index (χ4v) is 2.85. The quantitative estimate of drug-likeness (QED) is 0.805. The first-order valence-corrected chi connectivity index (χ1v) is 7.04. The van der Waals surface area contributed by atoms with Gasteiger partial charge in [0.25, 0.3) is 5.91 Å². The van der Waals surface area contributed by atoms with Gasteiger partial charge in [-0.1, -0.05) is 6.92 Å². The molecule has 1 aromatic rings. The van der Waals surface area contributed by atoms with Crippen molar-refractivity contribution in [2.75, 3.05) is 26.7 Å². The van der Waals surface area contributed by atoms with Crippen LogP contribution in [0.1, 0.15) is 30.3 Å². The van der Waals surface area contributed by atoms with Crippen LogP contribution in [0.3, 0.4) is 0 Å². The standard InChI is InChI=1S/C12H19N3OS/c1-3-10-7-14(2)5-4-6-15(10)12(16)11-8-17-9-13-11/h8-10H,3-7H2,1-2H3. The number of likely N-dealkylation sites (N-methyl/N-ethyl adjacent to an activating group) is 1. The second-order valence-electron chi connectivity index (χ2n) is 4.55. The average molecular weight is 253 g/mol. The first kappa shape index (κ1) is 12.5. The fraction of sp³-hybridized carbons (Fsp3) is 0.667. The minimum absolute atomic E-state index is 0.0911. The van der Waals surface area contributed by atoms with Gasteiger partial charge in [0.2, 0.25) is 0 Å². The summed E-state index contributed by atoms with van der Waals surface area (Å²) in [5, 5.41) is 1.84. The molecule has 0 bridgehead atoms. The Kier molecular flexibility index (Phi) is 4.12. The van der Waals surface area contributed by atoms with Crippen LogP contribution >= 0.6 is 11.3 Å². The van der Waals surface area contributed by atoms with Crippen LogP contribution in [0, 0.1) is 0 Å². The monoisotopic (exact) mass is 253 g/mol. The number of carbonyl (C=O) groups is 1. The first-order valence-electron chi connectivity index (χ1n) is 6.10. The van der Waals surface area contributed by atoms with Gasteiger partial charge in [-0.25, -0.2) is 4.98 Å². The molecule has 1 atom stereocenters. The summed E-state index contributed by atoms with van der Waals surface area (Å²) in [6, 6.07) is 0.316. The van der Waals surface area contributed by atoms with Crippen LogP contribution in [0.5, 0.6) is 0 Å². The first-order chi connectivity index (χ1) is 8.22. The largest absolute Gasteiger partial charge is 0.333 e. The van der Waals surface area contributed by atoms with Crippen LogP contribution in [-0.2, 0) is 0 Å². The molecule has 0 aromatic carbocycles. The highest BCUT2D eigenvalue weighted by atomic mass is 32.1. The van der Waals surface area contributed by atoms with Crippen LogP contribution in [0.25, 0.3) is 0 Å². The number of rotatable bonds is 2. The second-order valence-corrected chi connectivity index (χ2v) is 5.27. The molecule has 1 aliphatic rings. The van der Waals surface area contributed by atoms with Crippen molar-refractivity contribution in [2.45, 2.75) is 25.8 Å². The Bertz CT molecular complexity index is 366. The molecule has 0 radical (unpaired) electrons. The second kappa shape index (κ2) is 5.60. The number of carbonyl (C=O) groups excluding carboxylic acids is 1. The van der Waals surface area contributed by atoms with E-state index in [4.69, 9.17) is 0 Å². The number of aromatic nitrogens is 1. The topological polar surface area (TPSA) is 36.4 Å². The van der Waals surface area contributed by atoms with E-state index in [-0.39, 0.29) is 5.91 Å². The van der Waals surface area contributed by atoms with E-state index in [0.717, 1.165) is 32.5 Å². The Hall–Kier alpha value is -0.940. The molecule has 0 N–H and O–H groups in total. The lowest BCUT2D eigenvalue weighted by Crippen LogP contribution is -2.43. The van der Waals surface area contributed by atoms with Gasteiger partial charge in [-0.15, -0.1) is 11.3 Å². The maximum Gasteiger partial charge on any atom is 0.273 e. The molecule has 2 rings (SSSR count). The molecule has 94 valence electrons. The van der Waals surface area contributed by atoms with Gasteiger partial charge >= 0.3 is 0 Å². The van der Waals surface area contributed by atoms with Crippen molar-refractivity contribution in [1.82, 2.24) is 14.8 Å². The van der Waals surface area contributed by atoms with Gasteiger partial charge in [-0.2, -0.15) is 0 Å². The molecule has 4 nitrogen and oxygen atoms in total. The van der Waals surface area contributed by atoms with Crippen molar-refractivity contribution in [3.8, 4) is 0 Å². The van der Waals surface area contributed by atoms with E-state index in [1.54, 1.807) is 5.51 Å². The molecule has 1 aliphatic heterocycles. The molecular weight excluding hydrogens is 234 g/mol. The molecule has 5 heteroatoms. The van der Waals surface area contributed by atoms with Gasteiger partial charge in [0.15, 0.2) is 0 Å². The van der Waals surface area contributed by atoms with Crippen LogP contribution < -0.4 is 0 Å². The van der Waals surface area contributed by atoms with Gasteiger partial charge < -0.3 is 9.80 Å². The van der Waals surface area contributed by atoms with Gasteiger partial charge in [-0.3, -0.25) is 4.79 Å². The molecule has 17 heavy (non-hydrogen) atoms. The third-order valence-electron chi connectivity index (χ3n) is 3.29. The van der Waals surface area contributed by atoms with E-state index < -0.39 is 0 Å². The Balaban J connectivity index is 2.14. The Morgan fingerprint density at radius 2 is 2.41 bits per heavy atom. The van der Waals surface area contributed by atoms with Crippen LogP contribution in [-0.4, -0.2) is 53.4 Å². The van der Waals surface area contributed by atoms with Gasteiger partial charge in [0.05, 0.1) is 5.51 Å². The lowest BCUT2D eigenvalue weighted by Gasteiger charge is -2.29. The zero-order valence-corrected chi connectivity index (χ0v) is 11.2. The van der Waals surface area contributed by atoms with Gasteiger partial charge in [-0.05, 0) is 26.4 Å². The maximum absolute atomic E-state index is 12.3. The SMILES string of the molecule is CCC1CN(C)CCCN1C(=O)c1cscn1. The van der Waals surface area contributed by atoms with Crippen molar-refractivity contribution in [2.24, 2.45) is 0 Å². The van der Waals surface area contributed by atoms with E-state index >= 15 is 0 Å². The summed E-state index contributed by atoms with van der Waals surface area (Å²) in [4.78, 5) is 20.8. The minimum atomic E-state index is 0.0911. The molecular formula is C12H19N3OS. The predicted molar refractivity (Wildman–Crippen MR) is 69.3 cm³/mol. The van der Waals surface area contributed by atoms with E-state index in [2.05, 4.69) is 23.9 Å². The van der Waals surface area contributed by atoms with Crippen molar-refractivity contribution in [3.05, 3.63) is 16.6 Å². The molecule has 1 saturated heterocycles. The zero-order valence-electron chi connectivity index (χ0n) is 10.4. The van der Waals surface area contributed by atoms with E-state index in [9.17, 15) is 4.79 Å².